The third-order valence-corrected chi connectivity index (χ3v) is 5.74. The minimum absolute atomic E-state index is 0.375. The average molecular weight is 385 g/mol. The highest BCUT2D eigenvalue weighted by molar-refractivity contribution is 7.95. The van der Waals surface area contributed by atoms with Crippen LogP contribution in [0.5, 0.6) is 0 Å². The highest BCUT2D eigenvalue weighted by Crippen LogP contribution is 2.22. The molecule has 6 heteroatoms. The van der Waals surface area contributed by atoms with Crippen LogP contribution in [-0.2, 0) is 9.92 Å². The zero-order chi connectivity index (χ0) is 18.6. The molecule has 3 rings (SSSR count). The third-order valence-electron chi connectivity index (χ3n) is 3.65. The molecule has 0 saturated heterocycles. The standard InChI is InChI=1S/C20H17ClN2O2S/c1-15-10-12-19(13-11-15)26(25,22-18-9-5-8-17(21)14-18)23-20(24)16-6-3-2-4-7-16/h2-14H,1H3,(H,22,23,24,25). The zero-order valence-corrected chi connectivity index (χ0v) is 15.6. The highest BCUT2D eigenvalue weighted by Gasteiger charge is 2.16. The minimum atomic E-state index is -3.23. The molecule has 132 valence electrons. The van der Waals surface area contributed by atoms with Gasteiger partial charge in [-0.3, -0.25) is 9.52 Å². The molecule has 1 N–H and O–H groups in total. The molecule has 26 heavy (non-hydrogen) atoms. The SMILES string of the molecule is Cc1ccc(S(=O)(=NC(=O)c2ccccc2)Nc2cccc(Cl)c2)cc1. The van der Waals surface area contributed by atoms with Crippen LogP contribution in [0.3, 0.4) is 0 Å². The van der Waals surface area contributed by atoms with Crippen molar-refractivity contribution in [3.05, 3.63) is 95.0 Å². The van der Waals surface area contributed by atoms with E-state index in [0.717, 1.165) is 5.56 Å². The first-order valence-corrected chi connectivity index (χ1v) is 9.82. The van der Waals surface area contributed by atoms with Gasteiger partial charge < -0.3 is 0 Å². The maximum atomic E-state index is 13.6. The Balaban J connectivity index is 2.09. The summed E-state index contributed by atoms with van der Waals surface area (Å²) in [5.74, 6) is -0.550. The minimum Gasteiger partial charge on any atom is -0.295 e. The Morgan fingerprint density at radius 2 is 1.65 bits per heavy atom. The summed E-state index contributed by atoms with van der Waals surface area (Å²) in [4.78, 5) is 13.0. The van der Waals surface area contributed by atoms with E-state index in [1.165, 1.54) is 0 Å². The van der Waals surface area contributed by atoms with E-state index in [1.54, 1.807) is 66.7 Å². The van der Waals surface area contributed by atoms with Crippen LogP contribution < -0.4 is 4.72 Å². The van der Waals surface area contributed by atoms with Gasteiger partial charge in [0.15, 0.2) is 9.92 Å². The topological polar surface area (TPSA) is 58.5 Å². The average Bonchev–Trinajstić information content (AvgIpc) is 2.63. The number of carbonyl (C=O) groups is 1. The van der Waals surface area contributed by atoms with E-state index in [-0.39, 0.29) is 0 Å². The molecule has 1 atom stereocenters. The van der Waals surface area contributed by atoms with Gasteiger partial charge in [-0.25, -0.2) is 4.21 Å². The molecule has 4 nitrogen and oxygen atoms in total. The summed E-state index contributed by atoms with van der Waals surface area (Å²) in [7, 11) is -3.23. The molecule has 0 aliphatic rings. The zero-order valence-electron chi connectivity index (χ0n) is 14.1. The fourth-order valence-electron chi connectivity index (χ4n) is 2.32. The molecular formula is C20H17ClN2O2S. The van der Waals surface area contributed by atoms with E-state index < -0.39 is 15.8 Å². The second-order valence-electron chi connectivity index (χ2n) is 5.71. The van der Waals surface area contributed by atoms with Gasteiger partial charge in [-0.1, -0.05) is 53.6 Å². The van der Waals surface area contributed by atoms with Crippen LogP contribution in [0.4, 0.5) is 5.69 Å². The van der Waals surface area contributed by atoms with Crippen molar-refractivity contribution in [3.8, 4) is 0 Å². The van der Waals surface area contributed by atoms with Gasteiger partial charge in [0.1, 0.15) is 0 Å². The van der Waals surface area contributed by atoms with Crippen molar-refractivity contribution in [2.24, 2.45) is 4.36 Å². The molecular weight excluding hydrogens is 368 g/mol. The van der Waals surface area contributed by atoms with Gasteiger partial charge >= 0.3 is 0 Å². The molecule has 0 aromatic heterocycles. The fourth-order valence-corrected chi connectivity index (χ4v) is 4.07. The van der Waals surface area contributed by atoms with Crippen LogP contribution in [0, 0.1) is 6.92 Å². The second-order valence-corrected chi connectivity index (χ2v) is 8.06. The Labute approximate surface area is 158 Å². The van der Waals surface area contributed by atoms with Crippen LogP contribution in [0.25, 0.3) is 0 Å². The first kappa shape index (κ1) is 18.2. The van der Waals surface area contributed by atoms with Gasteiger partial charge in [-0.15, -0.1) is 4.36 Å². The monoisotopic (exact) mass is 384 g/mol. The van der Waals surface area contributed by atoms with Crippen LogP contribution >= 0.6 is 11.6 Å². The summed E-state index contributed by atoms with van der Waals surface area (Å²) in [6, 6.07) is 22.4. The number of benzene rings is 3. The number of rotatable bonds is 4. The van der Waals surface area contributed by atoms with Crippen molar-refractivity contribution < 1.29 is 9.00 Å². The predicted octanol–water partition coefficient (Wildman–Crippen LogP) is 5.34. The first-order valence-electron chi connectivity index (χ1n) is 7.93. The molecule has 1 unspecified atom stereocenters. The number of amides is 1. The van der Waals surface area contributed by atoms with Gasteiger partial charge in [0.25, 0.3) is 5.91 Å². The van der Waals surface area contributed by atoms with Gasteiger partial charge in [-0.05, 0) is 49.4 Å². The Morgan fingerprint density at radius 3 is 2.31 bits per heavy atom. The maximum Gasteiger partial charge on any atom is 0.286 e. The third kappa shape index (κ3) is 4.31. The number of hydrogen-bond donors (Lipinski definition) is 1. The lowest BCUT2D eigenvalue weighted by Crippen LogP contribution is -2.15. The van der Waals surface area contributed by atoms with Crippen molar-refractivity contribution in [2.75, 3.05) is 4.72 Å². The number of nitrogens with zero attached hydrogens (tertiary/aromatic N) is 1. The fraction of sp³-hybridized carbons (Fsp3) is 0.0500. The number of hydrogen-bond acceptors (Lipinski definition) is 2. The molecule has 3 aromatic rings. The number of nitrogens with one attached hydrogen (secondary N) is 1. The molecule has 0 saturated carbocycles. The van der Waals surface area contributed by atoms with Crippen molar-refractivity contribution in [2.45, 2.75) is 11.8 Å². The van der Waals surface area contributed by atoms with Gasteiger partial charge in [-0.2, -0.15) is 0 Å². The van der Waals surface area contributed by atoms with E-state index in [0.29, 0.717) is 21.2 Å². The van der Waals surface area contributed by atoms with Crippen LogP contribution in [0.15, 0.2) is 88.1 Å². The molecule has 0 bridgehead atoms. The number of halogens is 1. The Morgan fingerprint density at radius 1 is 0.962 bits per heavy atom. The lowest BCUT2D eigenvalue weighted by atomic mass is 10.2. The summed E-state index contributed by atoms with van der Waals surface area (Å²) in [6.45, 7) is 1.93. The van der Waals surface area contributed by atoms with Crippen molar-refractivity contribution >= 4 is 33.1 Å². The van der Waals surface area contributed by atoms with Crippen molar-refractivity contribution in [1.82, 2.24) is 0 Å². The number of aryl methyl sites for hydroxylation is 1. The lowest BCUT2D eigenvalue weighted by Gasteiger charge is -2.14. The van der Waals surface area contributed by atoms with Crippen LogP contribution in [-0.4, -0.2) is 10.1 Å². The number of anilines is 1. The summed E-state index contributed by atoms with van der Waals surface area (Å²) in [5, 5.41) is 0.495. The number of carbonyl (C=O) groups excluding carboxylic acids is 1. The molecule has 0 fully saturated rings. The smallest absolute Gasteiger partial charge is 0.286 e. The Hall–Kier alpha value is -2.63. The van der Waals surface area contributed by atoms with Gasteiger partial charge in [0.2, 0.25) is 0 Å². The predicted molar refractivity (Wildman–Crippen MR) is 106 cm³/mol. The molecule has 0 aliphatic carbocycles. The van der Waals surface area contributed by atoms with E-state index in [2.05, 4.69) is 9.08 Å². The van der Waals surface area contributed by atoms with E-state index >= 15 is 0 Å². The second kappa shape index (κ2) is 7.72. The largest absolute Gasteiger partial charge is 0.295 e. The van der Waals surface area contributed by atoms with E-state index in [1.807, 2.05) is 19.1 Å². The van der Waals surface area contributed by atoms with Crippen LogP contribution in [0.2, 0.25) is 5.02 Å². The van der Waals surface area contributed by atoms with Gasteiger partial charge in [0, 0.05) is 16.3 Å². The molecule has 0 heterocycles. The molecule has 0 spiro atoms. The Kier molecular flexibility index (Phi) is 5.40. The van der Waals surface area contributed by atoms with Crippen molar-refractivity contribution in [3.63, 3.8) is 0 Å². The summed E-state index contributed by atoms with van der Waals surface area (Å²) in [5.41, 5.74) is 1.92. The van der Waals surface area contributed by atoms with Crippen molar-refractivity contribution in [1.29, 1.82) is 0 Å². The Bertz CT molecular complexity index is 1040. The molecule has 0 radical (unpaired) electrons. The molecule has 1 amide bonds. The summed E-state index contributed by atoms with van der Waals surface area (Å²) >= 11 is 6.01. The maximum absolute atomic E-state index is 13.6. The van der Waals surface area contributed by atoms with E-state index in [9.17, 15) is 9.00 Å². The lowest BCUT2D eigenvalue weighted by molar-refractivity contribution is 0.100. The summed E-state index contributed by atoms with van der Waals surface area (Å²) in [6.07, 6.45) is 0. The molecule has 3 aromatic carbocycles. The molecule has 0 aliphatic heterocycles. The highest BCUT2D eigenvalue weighted by atomic mass is 35.5. The summed E-state index contributed by atoms with van der Waals surface area (Å²) < 4.78 is 20.5. The van der Waals surface area contributed by atoms with Gasteiger partial charge in [0.05, 0.1) is 4.90 Å². The quantitative estimate of drug-likeness (QED) is 0.659. The first-order chi connectivity index (χ1) is 12.5. The van der Waals surface area contributed by atoms with E-state index in [4.69, 9.17) is 11.6 Å². The normalized spacial score (nSPS) is 12.8. The van der Waals surface area contributed by atoms with Crippen LogP contribution in [0.1, 0.15) is 15.9 Å².